The van der Waals surface area contributed by atoms with Crippen LogP contribution in [0.3, 0.4) is 0 Å². The van der Waals surface area contributed by atoms with Gasteiger partial charge in [-0.25, -0.2) is 4.98 Å². The lowest BCUT2D eigenvalue weighted by atomic mass is 9.89. The average molecular weight is 193 g/mol. The first kappa shape index (κ1) is 9.43. The van der Waals surface area contributed by atoms with E-state index in [-0.39, 0.29) is 0 Å². The Morgan fingerprint density at radius 1 is 1.43 bits per heavy atom. The molecule has 1 aliphatic heterocycles. The van der Waals surface area contributed by atoms with Crippen LogP contribution in [0.5, 0.6) is 0 Å². The van der Waals surface area contributed by atoms with Crippen molar-refractivity contribution in [1.82, 2.24) is 10.3 Å². The van der Waals surface area contributed by atoms with Crippen LogP contribution in [0.2, 0.25) is 0 Å². The summed E-state index contributed by atoms with van der Waals surface area (Å²) < 4.78 is 0. The van der Waals surface area contributed by atoms with Crippen molar-refractivity contribution in [3.8, 4) is 0 Å². The SMILES string of the molecule is CN(C)c1ccc(C2(O)CNC2)cn1. The van der Waals surface area contributed by atoms with Crippen LogP contribution in [0.4, 0.5) is 5.82 Å². The number of aliphatic hydroxyl groups is 1. The van der Waals surface area contributed by atoms with Crippen molar-refractivity contribution >= 4 is 5.82 Å². The molecule has 2 heterocycles. The highest BCUT2D eigenvalue weighted by atomic mass is 16.3. The van der Waals surface area contributed by atoms with Gasteiger partial charge in [0.15, 0.2) is 0 Å². The average Bonchev–Trinajstić information content (AvgIpc) is 2.14. The van der Waals surface area contributed by atoms with E-state index in [0.717, 1.165) is 11.4 Å². The van der Waals surface area contributed by atoms with Gasteiger partial charge in [0, 0.05) is 38.9 Å². The maximum absolute atomic E-state index is 9.99. The summed E-state index contributed by atoms with van der Waals surface area (Å²) in [6.07, 6.45) is 1.75. The fraction of sp³-hybridized carbons (Fsp3) is 0.500. The molecule has 0 radical (unpaired) electrons. The minimum absolute atomic E-state index is 0.621. The third-order valence-electron chi connectivity index (χ3n) is 2.58. The summed E-state index contributed by atoms with van der Waals surface area (Å²) in [5.74, 6) is 0.907. The molecule has 1 aromatic heterocycles. The summed E-state index contributed by atoms with van der Waals surface area (Å²) in [6, 6.07) is 3.86. The monoisotopic (exact) mass is 193 g/mol. The lowest BCUT2D eigenvalue weighted by Gasteiger charge is -2.37. The molecule has 0 amide bonds. The Morgan fingerprint density at radius 2 is 2.14 bits per heavy atom. The molecule has 1 aromatic rings. The van der Waals surface area contributed by atoms with E-state index < -0.39 is 5.60 Å². The molecule has 4 heteroatoms. The molecule has 1 fully saturated rings. The molecule has 0 spiro atoms. The van der Waals surface area contributed by atoms with Gasteiger partial charge in [0.05, 0.1) is 0 Å². The fourth-order valence-electron chi connectivity index (χ4n) is 1.49. The summed E-state index contributed by atoms with van der Waals surface area (Å²) in [5.41, 5.74) is 0.194. The van der Waals surface area contributed by atoms with E-state index >= 15 is 0 Å². The van der Waals surface area contributed by atoms with Crippen molar-refractivity contribution in [2.24, 2.45) is 0 Å². The van der Waals surface area contributed by atoms with E-state index in [2.05, 4.69) is 10.3 Å². The van der Waals surface area contributed by atoms with Crippen LogP contribution in [0.1, 0.15) is 5.56 Å². The topological polar surface area (TPSA) is 48.4 Å². The maximum Gasteiger partial charge on any atom is 0.127 e. The number of nitrogens with zero attached hydrogens (tertiary/aromatic N) is 2. The molecule has 2 rings (SSSR count). The van der Waals surface area contributed by atoms with E-state index in [1.165, 1.54) is 0 Å². The number of β-amino-alcohol motifs (C(OH)–C–C–N with tert-alkyl or cyclic N) is 1. The smallest absolute Gasteiger partial charge is 0.127 e. The van der Waals surface area contributed by atoms with Gasteiger partial charge in [0.1, 0.15) is 11.4 Å². The molecule has 0 saturated carbocycles. The number of rotatable bonds is 2. The first-order valence-corrected chi connectivity index (χ1v) is 4.69. The van der Waals surface area contributed by atoms with Gasteiger partial charge in [0.2, 0.25) is 0 Å². The summed E-state index contributed by atoms with van der Waals surface area (Å²) in [7, 11) is 3.89. The molecular weight excluding hydrogens is 178 g/mol. The van der Waals surface area contributed by atoms with Crippen LogP contribution < -0.4 is 10.2 Å². The van der Waals surface area contributed by atoms with E-state index in [9.17, 15) is 5.11 Å². The van der Waals surface area contributed by atoms with Crippen LogP contribution >= 0.6 is 0 Å². The number of pyridine rings is 1. The molecular formula is C10H15N3O. The lowest BCUT2D eigenvalue weighted by molar-refractivity contribution is -0.0149. The van der Waals surface area contributed by atoms with Gasteiger partial charge in [-0.1, -0.05) is 6.07 Å². The normalized spacial score (nSPS) is 18.8. The van der Waals surface area contributed by atoms with Crippen molar-refractivity contribution in [1.29, 1.82) is 0 Å². The Balaban J connectivity index is 2.21. The maximum atomic E-state index is 9.99. The van der Waals surface area contributed by atoms with Gasteiger partial charge in [-0.05, 0) is 6.07 Å². The van der Waals surface area contributed by atoms with Crippen LogP contribution in [0, 0.1) is 0 Å². The van der Waals surface area contributed by atoms with Crippen molar-refractivity contribution in [2.75, 3.05) is 32.1 Å². The Morgan fingerprint density at radius 3 is 2.50 bits per heavy atom. The largest absolute Gasteiger partial charge is 0.382 e. The predicted molar refractivity (Wildman–Crippen MR) is 55.3 cm³/mol. The van der Waals surface area contributed by atoms with Gasteiger partial charge in [0.25, 0.3) is 0 Å². The minimum atomic E-state index is -0.697. The summed E-state index contributed by atoms with van der Waals surface area (Å²) in [5, 5.41) is 13.0. The van der Waals surface area contributed by atoms with Gasteiger partial charge < -0.3 is 15.3 Å². The lowest BCUT2D eigenvalue weighted by Crippen LogP contribution is -2.56. The minimum Gasteiger partial charge on any atom is -0.382 e. The molecule has 14 heavy (non-hydrogen) atoms. The Hall–Kier alpha value is -1.13. The molecule has 0 aliphatic carbocycles. The molecule has 0 atom stereocenters. The molecule has 4 nitrogen and oxygen atoms in total. The van der Waals surface area contributed by atoms with E-state index in [1.807, 2.05) is 31.1 Å². The quantitative estimate of drug-likeness (QED) is 0.691. The Labute approximate surface area is 83.6 Å². The fourth-order valence-corrected chi connectivity index (χ4v) is 1.49. The first-order valence-electron chi connectivity index (χ1n) is 4.69. The van der Waals surface area contributed by atoms with E-state index in [4.69, 9.17) is 0 Å². The molecule has 1 aliphatic rings. The Kier molecular flexibility index (Phi) is 2.17. The third kappa shape index (κ3) is 1.47. The second kappa shape index (κ2) is 3.22. The van der Waals surface area contributed by atoms with E-state index in [1.54, 1.807) is 6.20 Å². The number of hydrogen-bond donors (Lipinski definition) is 2. The molecule has 0 aromatic carbocycles. The number of aromatic nitrogens is 1. The molecule has 76 valence electrons. The van der Waals surface area contributed by atoms with Gasteiger partial charge in [-0.2, -0.15) is 0 Å². The molecule has 0 unspecified atom stereocenters. The summed E-state index contributed by atoms with van der Waals surface area (Å²) in [4.78, 5) is 6.20. The van der Waals surface area contributed by atoms with Gasteiger partial charge >= 0.3 is 0 Å². The van der Waals surface area contributed by atoms with Crippen molar-refractivity contribution < 1.29 is 5.11 Å². The Bertz CT molecular complexity index is 317. The molecule has 0 bridgehead atoms. The zero-order valence-corrected chi connectivity index (χ0v) is 8.49. The highest BCUT2D eigenvalue weighted by molar-refractivity contribution is 5.39. The van der Waals surface area contributed by atoms with Gasteiger partial charge in [-0.3, -0.25) is 0 Å². The first-order chi connectivity index (χ1) is 6.62. The summed E-state index contributed by atoms with van der Waals surface area (Å²) >= 11 is 0. The third-order valence-corrected chi connectivity index (χ3v) is 2.58. The van der Waals surface area contributed by atoms with Crippen molar-refractivity contribution in [3.63, 3.8) is 0 Å². The zero-order valence-electron chi connectivity index (χ0n) is 8.49. The zero-order chi connectivity index (χ0) is 10.2. The van der Waals surface area contributed by atoms with Crippen LogP contribution in [-0.4, -0.2) is 37.3 Å². The van der Waals surface area contributed by atoms with E-state index in [0.29, 0.717) is 13.1 Å². The van der Waals surface area contributed by atoms with Crippen LogP contribution in [0.25, 0.3) is 0 Å². The van der Waals surface area contributed by atoms with Crippen LogP contribution in [0.15, 0.2) is 18.3 Å². The second-order valence-electron chi connectivity index (χ2n) is 3.93. The standard InChI is InChI=1S/C10H15N3O/c1-13(2)9-4-3-8(5-12-9)10(14)6-11-7-10/h3-5,11,14H,6-7H2,1-2H3. The molecule has 2 N–H and O–H groups in total. The number of nitrogens with one attached hydrogen (secondary N) is 1. The highest BCUT2D eigenvalue weighted by Crippen LogP contribution is 2.25. The van der Waals surface area contributed by atoms with Crippen LogP contribution in [-0.2, 0) is 5.60 Å². The molecule has 1 saturated heterocycles. The highest BCUT2D eigenvalue weighted by Gasteiger charge is 2.36. The number of anilines is 1. The summed E-state index contributed by atoms with van der Waals surface area (Å²) in [6.45, 7) is 1.24. The van der Waals surface area contributed by atoms with Gasteiger partial charge in [-0.15, -0.1) is 0 Å². The van der Waals surface area contributed by atoms with Crippen molar-refractivity contribution in [3.05, 3.63) is 23.9 Å². The van der Waals surface area contributed by atoms with Crippen molar-refractivity contribution in [2.45, 2.75) is 5.60 Å². The predicted octanol–water partition coefficient (Wildman–Crippen LogP) is -0.0616. The number of hydrogen-bond acceptors (Lipinski definition) is 4. The second-order valence-corrected chi connectivity index (χ2v) is 3.93.